The van der Waals surface area contributed by atoms with Gasteiger partial charge in [-0.25, -0.2) is 0 Å². The maximum Gasteiger partial charge on any atom is 0.115 e. The van der Waals surface area contributed by atoms with E-state index in [1.807, 2.05) is 0 Å². The van der Waals surface area contributed by atoms with Crippen molar-refractivity contribution in [1.82, 2.24) is 9.97 Å². The summed E-state index contributed by atoms with van der Waals surface area (Å²) in [4.78, 5) is 16.9. The molecule has 4 aromatic rings. The van der Waals surface area contributed by atoms with Crippen LogP contribution < -0.4 is 10.6 Å². The monoisotopic (exact) mass is 646 g/mol. The van der Waals surface area contributed by atoms with Crippen LogP contribution in [0.3, 0.4) is 0 Å². The van der Waals surface area contributed by atoms with E-state index in [-0.39, 0.29) is 0 Å². The number of anilines is 2. The number of aliphatic hydroxyl groups is 2. The number of hydrogen-bond donors (Lipinski definition) is 6. The van der Waals surface area contributed by atoms with E-state index in [0.29, 0.717) is 23.6 Å². The van der Waals surface area contributed by atoms with Crippen molar-refractivity contribution in [3.8, 4) is 0 Å². The zero-order valence-electron chi connectivity index (χ0n) is 24.9. The number of aliphatic imine (C=N–C) groups is 2. The van der Waals surface area contributed by atoms with Gasteiger partial charge in [0.25, 0.3) is 0 Å². The van der Waals surface area contributed by atoms with Crippen molar-refractivity contribution in [1.29, 1.82) is 0 Å². The van der Waals surface area contributed by atoms with Crippen LogP contribution in [0.4, 0.5) is 11.4 Å². The molecule has 45 heavy (non-hydrogen) atoms. The molecule has 0 radical (unpaired) electrons. The van der Waals surface area contributed by atoms with E-state index in [4.69, 9.17) is 19.5 Å². The number of aliphatic hydroxyl groups excluding tert-OH is 2. The molecule has 6 N–H and O–H groups in total. The molecule has 0 aliphatic carbocycles. The summed E-state index contributed by atoms with van der Waals surface area (Å²) < 4.78 is 11.0. The molecule has 4 aliphatic heterocycles. The summed E-state index contributed by atoms with van der Waals surface area (Å²) in [5.41, 5.74) is 6.10. The highest BCUT2D eigenvalue weighted by molar-refractivity contribution is 8.15. The summed E-state index contributed by atoms with van der Waals surface area (Å²) in [6.07, 6.45) is 0.972. The third-order valence-corrected chi connectivity index (χ3v) is 11.3. The summed E-state index contributed by atoms with van der Waals surface area (Å²) in [5, 5.41) is 33.7. The molecule has 8 rings (SSSR count). The number of ether oxygens (including phenoxy) is 2. The summed E-state index contributed by atoms with van der Waals surface area (Å²) in [6, 6.07) is 16.6. The zero-order chi connectivity index (χ0) is 30.3. The summed E-state index contributed by atoms with van der Waals surface area (Å²) in [7, 11) is 0. The molecule has 0 amide bonds. The average Bonchev–Trinajstić information content (AvgIpc) is 3.89. The van der Waals surface area contributed by atoms with Crippen LogP contribution in [0.5, 0.6) is 0 Å². The number of rotatable bonds is 9. The lowest BCUT2D eigenvalue weighted by Gasteiger charge is -2.24. The molecule has 5 atom stereocenters. The Hall–Kier alpha value is -3.00. The van der Waals surface area contributed by atoms with Gasteiger partial charge in [0.15, 0.2) is 0 Å². The second-order valence-electron chi connectivity index (χ2n) is 12.2. The molecule has 2 saturated heterocycles. The molecular weight excluding hydrogens is 609 g/mol. The highest BCUT2D eigenvalue weighted by Gasteiger charge is 2.37. The molecule has 10 nitrogen and oxygen atoms in total. The normalized spacial score (nSPS) is 25.5. The van der Waals surface area contributed by atoms with E-state index in [9.17, 15) is 10.2 Å². The summed E-state index contributed by atoms with van der Waals surface area (Å²) in [6.45, 7) is 3.09. The molecule has 2 aromatic carbocycles. The number of nitrogens with one attached hydrogen (secondary N) is 4. The molecule has 2 fully saturated rings. The van der Waals surface area contributed by atoms with Gasteiger partial charge < -0.3 is 40.3 Å². The third kappa shape index (κ3) is 5.99. The number of benzene rings is 2. The first-order valence-corrected chi connectivity index (χ1v) is 17.8. The van der Waals surface area contributed by atoms with E-state index in [1.54, 1.807) is 23.5 Å². The van der Waals surface area contributed by atoms with Crippen molar-refractivity contribution >= 4 is 66.8 Å². The van der Waals surface area contributed by atoms with Crippen molar-refractivity contribution in [2.45, 2.75) is 55.6 Å². The van der Waals surface area contributed by atoms with Gasteiger partial charge in [-0.15, -0.1) is 23.5 Å². The van der Waals surface area contributed by atoms with Crippen molar-refractivity contribution in [2.75, 3.05) is 48.6 Å². The number of H-pyrrole nitrogens is 2. The number of nitrogens with zero attached hydrogens (tertiary/aromatic N) is 2. The fraction of sp³-hybridized carbons (Fsp3) is 0.455. The lowest BCUT2D eigenvalue weighted by molar-refractivity contribution is -0.000172. The lowest BCUT2D eigenvalue weighted by atomic mass is 10.0. The van der Waals surface area contributed by atoms with Crippen LogP contribution in [0.25, 0.3) is 21.8 Å². The molecule has 0 bridgehead atoms. The molecule has 0 saturated carbocycles. The predicted molar refractivity (Wildman–Crippen MR) is 184 cm³/mol. The van der Waals surface area contributed by atoms with E-state index in [1.165, 1.54) is 0 Å². The van der Waals surface area contributed by atoms with Crippen LogP contribution in [0.2, 0.25) is 0 Å². The molecule has 236 valence electrons. The van der Waals surface area contributed by atoms with Crippen LogP contribution in [0.15, 0.2) is 58.5 Å². The number of para-hydroxylation sites is 2. The Morgan fingerprint density at radius 1 is 0.711 bits per heavy atom. The van der Waals surface area contributed by atoms with E-state index >= 15 is 0 Å². The largest absolute Gasteiger partial charge is 0.388 e. The first kappa shape index (κ1) is 29.4. The first-order valence-electron chi connectivity index (χ1n) is 15.8. The van der Waals surface area contributed by atoms with Gasteiger partial charge in [-0.05, 0) is 43.5 Å². The maximum absolute atomic E-state index is 11.2. The fourth-order valence-corrected chi connectivity index (χ4v) is 8.74. The topological polar surface area (TPSA) is 139 Å². The van der Waals surface area contributed by atoms with Gasteiger partial charge in [0.1, 0.15) is 22.3 Å². The summed E-state index contributed by atoms with van der Waals surface area (Å²) in [5.74, 6) is 1.21. The van der Waals surface area contributed by atoms with E-state index in [2.05, 4.69) is 69.1 Å². The molecule has 5 unspecified atom stereocenters. The van der Waals surface area contributed by atoms with Gasteiger partial charge >= 0.3 is 0 Å². The van der Waals surface area contributed by atoms with Crippen LogP contribution in [0, 0.1) is 0 Å². The Morgan fingerprint density at radius 2 is 1.22 bits per heavy atom. The second-order valence-corrected chi connectivity index (χ2v) is 14.3. The average molecular weight is 647 g/mol. The van der Waals surface area contributed by atoms with Gasteiger partial charge in [-0.2, -0.15) is 0 Å². The van der Waals surface area contributed by atoms with Crippen molar-refractivity contribution in [3.63, 3.8) is 0 Å². The van der Waals surface area contributed by atoms with Crippen LogP contribution in [-0.2, 0) is 9.47 Å². The fourth-order valence-electron chi connectivity index (χ4n) is 6.59. The number of thioether (sulfide) groups is 2. The highest BCUT2D eigenvalue weighted by atomic mass is 32.2. The molecule has 0 spiro atoms. The van der Waals surface area contributed by atoms with Gasteiger partial charge in [-0.1, -0.05) is 24.3 Å². The zero-order valence-corrected chi connectivity index (χ0v) is 26.5. The maximum atomic E-state index is 11.2. The predicted octanol–water partition coefficient (Wildman–Crippen LogP) is 4.59. The smallest absolute Gasteiger partial charge is 0.115 e. The van der Waals surface area contributed by atoms with Gasteiger partial charge in [-0.3, -0.25) is 9.98 Å². The minimum atomic E-state index is -1.01. The van der Waals surface area contributed by atoms with Crippen molar-refractivity contribution in [2.24, 2.45) is 9.98 Å². The molecule has 6 heterocycles. The Bertz CT molecular complexity index is 1740. The Kier molecular flexibility index (Phi) is 8.27. The van der Waals surface area contributed by atoms with Crippen LogP contribution in [0.1, 0.15) is 30.7 Å². The Morgan fingerprint density at radius 3 is 1.76 bits per heavy atom. The number of aromatic amines is 2. The van der Waals surface area contributed by atoms with Crippen molar-refractivity contribution < 1.29 is 19.7 Å². The molecule has 2 aromatic heterocycles. The molecule has 12 heteroatoms. The van der Waals surface area contributed by atoms with Gasteiger partial charge in [0.2, 0.25) is 0 Å². The second kappa shape index (κ2) is 12.7. The standard InChI is InChI=1S/C33H38N6O4S2/c40-30(26-16-44-32(38-26)24-13-18-3-1-5-22(28(18)36-24)34-20-7-10-42-11-8-20)31(41)27-17-45-33(39-27)25-14-19-4-2-6-23(29(19)37-25)35-21-9-12-43-15-21/h1-6,13-14,20-21,26-27,30-31,34-37,40-41H,7-12,15-17H2. The van der Waals surface area contributed by atoms with Gasteiger partial charge in [0, 0.05) is 48.1 Å². The quantitative estimate of drug-likeness (QED) is 0.155. The lowest BCUT2D eigenvalue weighted by Crippen LogP contribution is -2.43. The van der Waals surface area contributed by atoms with Crippen LogP contribution >= 0.6 is 23.5 Å². The number of aromatic nitrogens is 2. The van der Waals surface area contributed by atoms with Crippen molar-refractivity contribution in [3.05, 3.63) is 59.9 Å². The Labute approximate surface area is 269 Å². The third-order valence-electron chi connectivity index (χ3n) is 9.13. The minimum Gasteiger partial charge on any atom is -0.388 e. The van der Waals surface area contributed by atoms with E-state index < -0.39 is 24.3 Å². The Balaban J connectivity index is 0.954. The van der Waals surface area contributed by atoms with Crippen LogP contribution in [-0.4, -0.2) is 105 Å². The van der Waals surface area contributed by atoms with Gasteiger partial charge in [0.05, 0.1) is 58.5 Å². The molecule has 4 aliphatic rings. The van der Waals surface area contributed by atoms with E-state index in [0.717, 1.165) is 100 Å². The minimum absolute atomic E-state index is 0.311. The number of hydrogen-bond acceptors (Lipinski definition) is 10. The first-order chi connectivity index (χ1) is 22.1. The summed E-state index contributed by atoms with van der Waals surface area (Å²) >= 11 is 3.22. The number of fused-ring (bicyclic) bond motifs is 2. The SMILES string of the molecule is OC(C1CSC(c2cc3cccc(NC4CCOCC4)c3[nH]2)=N1)C(O)C1CSC(c2cc3cccc(NC4CCOC4)c3[nH]2)=N1. The highest BCUT2D eigenvalue weighted by Crippen LogP contribution is 2.34. The molecular formula is C33H38N6O4S2.